The van der Waals surface area contributed by atoms with Crippen molar-refractivity contribution >= 4 is 5.91 Å². The number of likely N-dealkylation sites (tertiary alicyclic amines) is 1. The summed E-state index contributed by atoms with van der Waals surface area (Å²) in [6, 6.07) is 4.47. The summed E-state index contributed by atoms with van der Waals surface area (Å²) in [6.45, 7) is 4.29. The molecular formula is C17H21FN2O. The predicted octanol–water partition coefficient (Wildman–Crippen LogP) is 2.54. The maximum atomic E-state index is 13.5. The molecular weight excluding hydrogens is 267 g/mol. The molecule has 0 spiro atoms. The summed E-state index contributed by atoms with van der Waals surface area (Å²) >= 11 is 0. The molecule has 4 heteroatoms. The number of halogens is 1. The van der Waals surface area contributed by atoms with Crippen LogP contribution in [0.3, 0.4) is 0 Å². The van der Waals surface area contributed by atoms with E-state index in [1.165, 1.54) is 12.1 Å². The lowest BCUT2D eigenvalue weighted by Gasteiger charge is -2.39. The molecule has 1 aliphatic rings. The number of carbonyl (C=O) groups excluding carboxylic acids is 1. The number of benzene rings is 1. The van der Waals surface area contributed by atoms with Gasteiger partial charge in [-0.2, -0.15) is 0 Å². The number of carbonyl (C=O) groups is 1. The first kappa shape index (κ1) is 15.5. The zero-order valence-corrected chi connectivity index (χ0v) is 12.5. The Labute approximate surface area is 125 Å². The van der Waals surface area contributed by atoms with Crippen LogP contribution >= 0.6 is 0 Å². The number of amides is 1. The lowest BCUT2D eigenvalue weighted by Crippen LogP contribution is -2.47. The largest absolute Gasteiger partial charge is 0.333 e. The summed E-state index contributed by atoms with van der Waals surface area (Å²) < 4.78 is 13.5. The van der Waals surface area contributed by atoms with E-state index in [0.29, 0.717) is 11.1 Å². The first-order valence-corrected chi connectivity index (χ1v) is 7.35. The summed E-state index contributed by atoms with van der Waals surface area (Å²) in [5.41, 5.74) is 6.25. The highest BCUT2D eigenvalue weighted by Crippen LogP contribution is 2.25. The van der Waals surface area contributed by atoms with Crippen molar-refractivity contribution in [3.05, 3.63) is 35.1 Å². The molecule has 1 amide bonds. The SMILES string of the molecule is C[C@@H]1CCC[C@H](C)N1C(=O)c1cc(F)ccc1C#CCN. The number of piperidine rings is 1. The van der Waals surface area contributed by atoms with E-state index in [9.17, 15) is 9.18 Å². The van der Waals surface area contributed by atoms with Crippen molar-refractivity contribution in [1.82, 2.24) is 4.90 Å². The molecule has 1 aliphatic heterocycles. The molecule has 0 unspecified atom stereocenters. The summed E-state index contributed by atoms with van der Waals surface area (Å²) in [7, 11) is 0. The Morgan fingerprint density at radius 3 is 2.67 bits per heavy atom. The fourth-order valence-corrected chi connectivity index (χ4v) is 2.91. The quantitative estimate of drug-likeness (QED) is 0.807. The van der Waals surface area contributed by atoms with E-state index >= 15 is 0 Å². The van der Waals surface area contributed by atoms with Gasteiger partial charge in [0.1, 0.15) is 5.82 Å². The van der Waals surface area contributed by atoms with Crippen LogP contribution in [0.15, 0.2) is 18.2 Å². The molecule has 1 saturated heterocycles. The molecule has 1 heterocycles. The lowest BCUT2D eigenvalue weighted by atomic mass is 9.95. The van der Waals surface area contributed by atoms with Crippen LogP contribution in [0, 0.1) is 17.7 Å². The van der Waals surface area contributed by atoms with Gasteiger partial charge in [0.05, 0.1) is 12.1 Å². The van der Waals surface area contributed by atoms with Gasteiger partial charge in [-0.1, -0.05) is 11.8 Å². The summed E-state index contributed by atoms with van der Waals surface area (Å²) in [5, 5.41) is 0. The van der Waals surface area contributed by atoms with Crippen molar-refractivity contribution in [2.75, 3.05) is 6.54 Å². The third-order valence-corrected chi connectivity index (χ3v) is 3.97. The Balaban J connectivity index is 2.39. The van der Waals surface area contributed by atoms with Gasteiger partial charge in [0.2, 0.25) is 0 Å². The van der Waals surface area contributed by atoms with Gasteiger partial charge in [-0.25, -0.2) is 4.39 Å². The minimum Gasteiger partial charge on any atom is -0.333 e. The topological polar surface area (TPSA) is 46.3 Å². The van der Waals surface area contributed by atoms with E-state index in [-0.39, 0.29) is 24.5 Å². The molecule has 21 heavy (non-hydrogen) atoms. The molecule has 1 aromatic carbocycles. The van der Waals surface area contributed by atoms with Crippen LogP contribution in [0.2, 0.25) is 0 Å². The van der Waals surface area contributed by atoms with Crippen molar-refractivity contribution in [2.24, 2.45) is 5.73 Å². The highest BCUT2D eigenvalue weighted by atomic mass is 19.1. The second-order valence-electron chi connectivity index (χ2n) is 5.54. The van der Waals surface area contributed by atoms with Crippen molar-refractivity contribution < 1.29 is 9.18 Å². The number of hydrogen-bond donors (Lipinski definition) is 1. The first-order chi connectivity index (χ1) is 10.0. The maximum absolute atomic E-state index is 13.5. The average Bonchev–Trinajstić information content (AvgIpc) is 2.45. The fourth-order valence-electron chi connectivity index (χ4n) is 2.91. The van der Waals surface area contributed by atoms with E-state index in [4.69, 9.17) is 5.73 Å². The zero-order chi connectivity index (χ0) is 15.4. The molecule has 0 radical (unpaired) electrons. The van der Waals surface area contributed by atoms with Crippen molar-refractivity contribution in [3.63, 3.8) is 0 Å². The van der Waals surface area contributed by atoms with Gasteiger partial charge in [0.15, 0.2) is 0 Å². The van der Waals surface area contributed by atoms with Gasteiger partial charge < -0.3 is 10.6 Å². The highest BCUT2D eigenvalue weighted by molar-refractivity contribution is 5.97. The zero-order valence-electron chi connectivity index (χ0n) is 12.5. The molecule has 3 nitrogen and oxygen atoms in total. The smallest absolute Gasteiger partial charge is 0.255 e. The molecule has 1 aromatic rings. The minimum absolute atomic E-state index is 0.143. The van der Waals surface area contributed by atoms with Crippen LogP contribution in [-0.4, -0.2) is 29.4 Å². The molecule has 1 fully saturated rings. The maximum Gasteiger partial charge on any atom is 0.255 e. The summed E-state index contributed by atoms with van der Waals surface area (Å²) in [4.78, 5) is 14.7. The number of hydrogen-bond acceptors (Lipinski definition) is 2. The average molecular weight is 288 g/mol. The third kappa shape index (κ3) is 3.43. The van der Waals surface area contributed by atoms with Crippen LogP contribution in [0.1, 0.15) is 49.0 Å². The van der Waals surface area contributed by atoms with Gasteiger partial charge in [0.25, 0.3) is 5.91 Å². The second-order valence-corrected chi connectivity index (χ2v) is 5.54. The van der Waals surface area contributed by atoms with Gasteiger partial charge in [-0.05, 0) is 51.3 Å². The monoisotopic (exact) mass is 288 g/mol. The Kier molecular flexibility index (Phi) is 4.98. The molecule has 0 bridgehead atoms. The van der Waals surface area contributed by atoms with E-state index < -0.39 is 5.82 Å². The van der Waals surface area contributed by atoms with Crippen molar-refractivity contribution in [1.29, 1.82) is 0 Å². The second kappa shape index (κ2) is 6.73. The first-order valence-electron chi connectivity index (χ1n) is 7.35. The van der Waals surface area contributed by atoms with Crippen LogP contribution in [0.5, 0.6) is 0 Å². The lowest BCUT2D eigenvalue weighted by molar-refractivity contribution is 0.0510. The van der Waals surface area contributed by atoms with Gasteiger partial charge in [-0.3, -0.25) is 4.79 Å². The molecule has 112 valence electrons. The van der Waals surface area contributed by atoms with Crippen LogP contribution in [0.25, 0.3) is 0 Å². The van der Waals surface area contributed by atoms with Gasteiger partial charge in [-0.15, -0.1) is 0 Å². The molecule has 0 saturated carbocycles. The minimum atomic E-state index is -0.422. The van der Waals surface area contributed by atoms with Crippen LogP contribution in [-0.2, 0) is 0 Å². The standard InChI is InChI=1S/C17H21FN2O/c1-12-5-3-6-13(2)20(12)17(21)16-11-15(18)9-8-14(16)7-4-10-19/h8-9,11-13H,3,5-6,10,19H2,1-2H3/t12-,13+. The highest BCUT2D eigenvalue weighted by Gasteiger charge is 2.30. The molecule has 0 aromatic heterocycles. The third-order valence-electron chi connectivity index (χ3n) is 3.97. The predicted molar refractivity (Wildman–Crippen MR) is 81.3 cm³/mol. The fraction of sp³-hybridized carbons (Fsp3) is 0.471. The number of rotatable bonds is 1. The number of nitrogens with zero attached hydrogens (tertiary/aromatic N) is 1. The molecule has 2 rings (SSSR count). The number of nitrogens with two attached hydrogens (primary N) is 1. The molecule has 0 aliphatic carbocycles. The Morgan fingerprint density at radius 1 is 1.38 bits per heavy atom. The van der Waals surface area contributed by atoms with Crippen molar-refractivity contribution in [2.45, 2.75) is 45.2 Å². The van der Waals surface area contributed by atoms with E-state index in [1.807, 2.05) is 18.7 Å². The van der Waals surface area contributed by atoms with Gasteiger partial charge >= 0.3 is 0 Å². The molecule has 2 atom stereocenters. The summed E-state index contributed by atoms with van der Waals surface area (Å²) in [6.07, 6.45) is 3.08. The van der Waals surface area contributed by atoms with E-state index in [2.05, 4.69) is 11.8 Å². The van der Waals surface area contributed by atoms with Crippen molar-refractivity contribution in [3.8, 4) is 11.8 Å². The Hall–Kier alpha value is -1.86. The van der Waals surface area contributed by atoms with Crippen LogP contribution in [0.4, 0.5) is 4.39 Å². The molecule has 2 N–H and O–H groups in total. The summed E-state index contributed by atoms with van der Waals surface area (Å²) in [5.74, 6) is 5.02. The Bertz CT molecular complexity index is 578. The van der Waals surface area contributed by atoms with Gasteiger partial charge in [0, 0.05) is 17.6 Å². The van der Waals surface area contributed by atoms with Crippen LogP contribution < -0.4 is 5.73 Å². The Morgan fingerprint density at radius 2 is 2.05 bits per heavy atom. The normalized spacial score (nSPS) is 21.6. The van der Waals surface area contributed by atoms with E-state index in [0.717, 1.165) is 19.3 Å². The van der Waals surface area contributed by atoms with E-state index in [1.54, 1.807) is 6.07 Å².